The third-order valence-corrected chi connectivity index (χ3v) is 5.66. The summed E-state index contributed by atoms with van der Waals surface area (Å²) in [5, 5.41) is 0. The highest BCUT2D eigenvalue weighted by Gasteiger charge is 2.46. The summed E-state index contributed by atoms with van der Waals surface area (Å²) in [5.41, 5.74) is 0. The van der Waals surface area contributed by atoms with Crippen LogP contribution in [0.15, 0.2) is 36.7 Å². The van der Waals surface area contributed by atoms with Gasteiger partial charge in [0.05, 0.1) is 23.7 Å². The lowest BCUT2D eigenvalue weighted by Gasteiger charge is -2.38. The van der Waals surface area contributed by atoms with Gasteiger partial charge in [-0.15, -0.1) is 11.3 Å². The molecule has 2 aromatic heterocycles. The Balaban J connectivity index is 1.49. The van der Waals surface area contributed by atoms with E-state index in [0.717, 1.165) is 28.3 Å². The van der Waals surface area contributed by atoms with Crippen molar-refractivity contribution in [3.05, 3.63) is 46.4 Å². The van der Waals surface area contributed by atoms with Gasteiger partial charge in [0.2, 0.25) is 0 Å². The van der Waals surface area contributed by atoms with Crippen LogP contribution >= 0.6 is 11.3 Å². The molecule has 2 fully saturated rings. The zero-order valence-electron chi connectivity index (χ0n) is 13.6. The van der Waals surface area contributed by atoms with Crippen LogP contribution in [0.5, 0.6) is 5.75 Å². The van der Waals surface area contributed by atoms with E-state index in [2.05, 4.69) is 4.98 Å². The van der Waals surface area contributed by atoms with Crippen LogP contribution in [0, 0.1) is 6.92 Å². The summed E-state index contributed by atoms with van der Waals surface area (Å²) in [6.45, 7) is 3.23. The molecule has 0 N–H and O–H groups in total. The van der Waals surface area contributed by atoms with Gasteiger partial charge >= 0.3 is 0 Å². The van der Waals surface area contributed by atoms with Gasteiger partial charge in [0.25, 0.3) is 5.91 Å². The Labute approximate surface area is 145 Å². The average molecular weight is 344 g/mol. The number of carbonyl (C=O) groups is 1. The number of amides is 1. The lowest BCUT2D eigenvalue weighted by Crippen LogP contribution is -2.54. The number of pyridine rings is 1. The van der Waals surface area contributed by atoms with Crippen LogP contribution in [0.3, 0.4) is 0 Å². The average Bonchev–Trinajstić information content (AvgIpc) is 3.22. The molecule has 5 nitrogen and oxygen atoms in total. The Bertz CT molecular complexity index is 718. The standard InChI is InChI=1S/C18H20N2O3S/c1-12-4-7-16(24-12)18(21)20-9-10-22-17-14(20)5-6-15(17)23-13-3-2-8-19-11-13/h2-4,7-8,11,14-15,17H,5-6,9-10H2,1H3/t14-,15+,17+/m0/s1. The van der Waals surface area contributed by atoms with Crippen LogP contribution in [-0.4, -0.2) is 47.2 Å². The van der Waals surface area contributed by atoms with E-state index in [1.54, 1.807) is 23.7 Å². The molecule has 0 unspecified atom stereocenters. The summed E-state index contributed by atoms with van der Waals surface area (Å²) >= 11 is 1.56. The topological polar surface area (TPSA) is 51.7 Å². The number of morpholine rings is 1. The largest absolute Gasteiger partial charge is 0.486 e. The second-order valence-electron chi connectivity index (χ2n) is 6.23. The summed E-state index contributed by atoms with van der Waals surface area (Å²) in [4.78, 5) is 20.9. The number of hydrogen-bond donors (Lipinski definition) is 0. The number of aryl methyl sites for hydroxylation is 1. The number of aromatic nitrogens is 1. The van der Waals surface area contributed by atoms with E-state index in [1.807, 2.05) is 36.1 Å². The van der Waals surface area contributed by atoms with Gasteiger partial charge in [-0.1, -0.05) is 0 Å². The summed E-state index contributed by atoms with van der Waals surface area (Å²) in [7, 11) is 0. The highest BCUT2D eigenvalue weighted by Crippen LogP contribution is 2.34. The first kappa shape index (κ1) is 15.6. The van der Waals surface area contributed by atoms with Crippen molar-refractivity contribution in [2.24, 2.45) is 0 Å². The molecule has 2 aliphatic rings. The van der Waals surface area contributed by atoms with E-state index >= 15 is 0 Å². The lowest BCUT2D eigenvalue weighted by molar-refractivity contribution is -0.0785. The molecular weight excluding hydrogens is 324 g/mol. The first-order valence-corrected chi connectivity index (χ1v) is 9.10. The maximum Gasteiger partial charge on any atom is 0.264 e. The molecule has 3 heterocycles. The molecule has 1 saturated carbocycles. The molecule has 1 amide bonds. The lowest BCUT2D eigenvalue weighted by atomic mass is 10.1. The van der Waals surface area contributed by atoms with Crippen molar-refractivity contribution in [3.8, 4) is 5.75 Å². The third-order valence-electron chi connectivity index (χ3n) is 4.67. The summed E-state index contributed by atoms with van der Waals surface area (Å²) in [6.07, 6.45) is 5.14. The fraction of sp³-hybridized carbons (Fsp3) is 0.444. The molecule has 3 atom stereocenters. The molecule has 4 rings (SSSR count). The Hall–Kier alpha value is -1.92. The van der Waals surface area contributed by atoms with Gasteiger partial charge in [0.15, 0.2) is 0 Å². The van der Waals surface area contributed by atoms with E-state index in [4.69, 9.17) is 9.47 Å². The molecule has 1 aliphatic carbocycles. The first-order chi connectivity index (χ1) is 11.7. The molecule has 0 radical (unpaired) electrons. The maximum absolute atomic E-state index is 12.9. The number of rotatable bonds is 3. The predicted molar refractivity (Wildman–Crippen MR) is 91.5 cm³/mol. The van der Waals surface area contributed by atoms with Crippen molar-refractivity contribution in [3.63, 3.8) is 0 Å². The Morgan fingerprint density at radius 2 is 2.29 bits per heavy atom. The van der Waals surface area contributed by atoms with Crippen LogP contribution < -0.4 is 4.74 Å². The minimum absolute atomic E-state index is 0.0279. The fourth-order valence-corrected chi connectivity index (χ4v) is 4.40. The monoisotopic (exact) mass is 344 g/mol. The van der Waals surface area contributed by atoms with Gasteiger partial charge < -0.3 is 14.4 Å². The van der Waals surface area contributed by atoms with Crippen LogP contribution in [0.1, 0.15) is 27.4 Å². The number of hydrogen-bond acceptors (Lipinski definition) is 5. The number of carbonyl (C=O) groups excluding carboxylic acids is 1. The number of nitrogens with zero attached hydrogens (tertiary/aromatic N) is 2. The minimum atomic E-state index is -0.0658. The summed E-state index contributed by atoms with van der Waals surface area (Å²) < 4.78 is 12.0. The molecule has 126 valence electrons. The summed E-state index contributed by atoms with van der Waals surface area (Å²) in [5.74, 6) is 0.873. The van der Waals surface area contributed by atoms with Crippen molar-refractivity contribution < 1.29 is 14.3 Å². The van der Waals surface area contributed by atoms with Gasteiger partial charge in [-0.3, -0.25) is 9.78 Å². The second kappa shape index (κ2) is 6.53. The highest BCUT2D eigenvalue weighted by atomic mass is 32.1. The first-order valence-electron chi connectivity index (χ1n) is 8.28. The van der Waals surface area contributed by atoms with E-state index in [0.29, 0.717) is 13.2 Å². The molecular formula is C18H20N2O3S. The van der Waals surface area contributed by atoms with E-state index < -0.39 is 0 Å². The van der Waals surface area contributed by atoms with Crippen LogP contribution in [0.25, 0.3) is 0 Å². The zero-order valence-corrected chi connectivity index (χ0v) is 14.4. The zero-order chi connectivity index (χ0) is 16.5. The second-order valence-corrected chi connectivity index (χ2v) is 7.52. The molecule has 24 heavy (non-hydrogen) atoms. The highest BCUT2D eigenvalue weighted by molar-refractivity contribution is 7.13. The van der Waals surface area contributed by atoms with Gasteiger partial charge in [0, 0.05) is 17.6 Å². The number of fused-ring (bicyclic) bond motifs is 1. The normalized spacial score (nSPS) is 26.2. The number of thiophene rings is 1. The van der Waals surface area contributed by atoms with Crippen molar-refractivity contribution in [2.75, 3.05) is 13.2 Å². The molecule has 6 heteroatoms. The SMILES string of the molecule is Cc1ccc(C(=O)N2CCO[C@H]3[C@H](Oc4cccnc4)CC[C@@H]32)s1. The van der Waals surface area contributed by atoms with Gasteiger partial charge in [0.1, 0.15) is 18.0 Å². The van der Waals surface area contributed by atoms with Crippen molar-refractivity contribution in [1.29, 1.82) is 0 Å². The smallest absolute Gasteiger partial charge is 0.264 e. The van der Waals surface area contributed by atoms with E-state index in [-0.39, 0.29) is 24.2 Å². The van der Waals surface area contributed by atoms with Crippen molar-refractivity contribution >= 4 is 17.2 Å². The molecule has 2 aromatic rings. The Morgan fingerprint density at radius 1 is 1.38 bits per heavy atom. The quantitative estimate of drug-likeness (QED) is 0.859. The maximum atomic E-state index is 12.9. The van der Waals surface area contributed by atoms with Crippen LogP contribution in [-0.2, 0) is 4.74 Å². The minimum Gasteiger partial charge on any atom is -0.486 e. The van der Waals surface area contributed by atoms with Gasteiger partial charge in [-0.2, -0.15) is 0 Å². The Morgan fingerprint density at radius 3 is 3.04 bits per heavy atom. The molecule has 0 spiro atoms. The predicted octanol–water partition coefficient (Wildman–Crippen LogP) is 2.90. The molecule has 0 bridgehead atoms. The van der Waals surface area contributed by atoms with Crippen molar-refractivity contribution in [1.82, 2.24) is 9.88 Å². The molecule has 1 saturated heterocycles. The summed E-state index contributed by atoms with van der Waals surface area (Å²) in [6, 6.07) is 7.78. The van der Waals surface area contributed by atoms with E-state index in [1.165, 1.54) is 0 Å². The Kier molecular flexibility index (Phi) is 4.24. The van der Waals surface area contributed by atoms with Gasteiger partial charge in [-0.05, 0) is 44.0 Å². The van der Waals surface area contributed by atoms with Gasteiger partial charge in [-0.25, -0.2) is 0 Å². The molecule has 1 aliphatic heterocycles. The number of ether oxygens (including phenoxy) is 2. The van der Waals surface area contributed by atoms with Crippen LogP contribution in [0.2, 0.25) is 0 Å². The third kappa shape index (κ3) is 2.91. The van der Waals surface area contributed by atoms with Crippen molar-refractivity contribution in [2.45, 2.75) is 38.0 Å². The van der Waals surface area contributed by atoms with E-state index in [9.17, 15) is 4.79 Å². The molecule has 0 aromatic carbocycles. The van der Waals surface area contributed by atoms with Crippen LogP contribution in [0.4, 0.5) is 0 Å². The fourth-order valence-electron chi connectivity index (χ4n) is 3.58.